The van der Waals surface area contributed by atoms with Crippen molar-refractivity contribution in [3.05, 3.63) is 88.7 Å². The van der Waals surface area contributed by atoms with Crippen molar-refractivity contribution < 1.29 is 51.3 Å². The number of aromatic hydroxyl groups is 1. The molecule has 3 saturated heterocycles. The highest BCUT2D eigenvalue weighted by Crippen LogP contribution is 2.64. The van der Waals surface area contributed by atoms with Gasteiger partial charge in [0, 0.05) is 30.3 Å². The summed E-state index contributed by atoms with van der Waals surface area (Å²) < 4.78 is 63.9. The second-order valence-electron chi connectivity index (χ2n) is 14.2. The van der Waals surface area contributed by atoms with Gasteiger partial charge in [0.15, 0.2) is 0 Å². The molecule has 0 spiro atoms. The van der Waals surface area contributed by atoms with Gasteiger partial charge in [-0.25, -0.2) is 9.29 Å². The van der Waals surface area contributed by atoms with E-state index in [0.717, 1.165) is 45.8 Å². The minimum absolute atomic E-state index is 0.0206. The highest BCUT2D eigenvalue weighted by atomic mass is 35.5. The number of allylic oxidation sites excluding steroid dienone is 2. The number of phenolic OH excluding ortho intramolecular Hbond substituents is 1. The number of rotatable bonds is 5. The number of anilines is 3. The SMILES string of the molecule is CC12C(=O)N(c3ccc(F)c(Cl)c3)C(=O)C1CC1C(=CCC3C(=O)N(c4ccc(N5CCOCC5)cc4)C(=O)C31)C2c1cc(OC(F)(F)F)ccc1O. The van der Waals surface area contributed by atoms with E-state index >= 15 is 0 Å². The highest BCUT2D eigenvalue weighted by molar-refractivity contribution is 6.32. The van der Waals surface area contributed by atoms with E-state index in [-0.39, 0.29) is 29.1 Å². The molecular formula is C38H32ClF4N3O7. The first-order valence-electron chi connectivity index (χ1n) is 17.1. The average molecular weight is 754 g/mol. The van der Waals surface area contributed by atoms with Crippen molar-refractivity contribution in [2.45, 2.75) is 32.0 Å². The summed E-state index contributed by atoms with van der Waals surface area (Å²) in [6.07, 6.45) is -3.36. The van der Waals surface area contributed by atoms with E-state index in [4.69, 9.17) is 16.3 Å². The summed E-state index contributed by atoms with van der Waals surface area (Å²) >= 11 is 6.04. The minimum Gasteiger partial charge on any atom is -0.508 e. The average Bonchev–Trinajstić information content (AvgIpc) is 3.49. The lowest BCUT2D eigenvalue weighted by molar-refractivity contribution is -0.274. The number of ether oxygens (including phenoxy) is 2. The Morgan fingerprint density at radius 2 is 1.55 bits per heavy atom. The number of alkyl halides is 3. The predicted molar refractivity (Wildman–Crippen MR) is 183 cm³/mol. The molecule has 1 N–H and O–H groups in total. The molecule has 10 nitrogen and oxygen atoms in total. The topological polar surface area (TPSA) is 117 Å². The predicted octanol–water partition coefficient (Wildman–Crippen LogP) is 6.36. The minimum atomic E-state index is -5.08. The van der Waals surface area contributed by atoms with Crippen LogP contribution in [0.3, 0.4) is 0 Å². The summed E-state index contributed by atoms with van der Waals surface area (Å²) in [6, 6.07) is 13.3. The molecule has 3 aliphatic heterocycles. The van der Waals surface area contributed by atoms with Gasteiger partial charge in [0.05, 0.1) is 52.8 Å². The number of imide groups is 2. The molecule has 15 heteroatoms. The molecule has 0 bridgehead atoms. The van der Waals surface area contributed by atoms with Crippen molar-refractivity contribution in [3.63, 3.8) is 0 Å². The molecule has 5 aliphatic rings. The van der Waals surface area contributed by atoms with Crippen LogP contribution in [0.1, 0.15) is 31.2 Å². The first kappa shape index (κ1) is 35.1. The van der Waals surface area contributed by atoms with E-state index in [0.29, 0.717) is 37.6 Å². The number of fused-ring (bicyclic) bond motifs is 4. The van der Waals surface area contributed by atoms with Gasteiger partial charge in [-0.15, -0.1) is 13.2 Å². The van der Waals surface area contributed by atoms with Gasteiger partial charge in [-0.3, -0.25) is 24.1 Å². The number of hydrogen-bond acceptors (Lipinski definition) is 8. The molecule has 4 amide bonds. The van der Waals surface area contributed by atoms with Crippen molar-refractivity contribution in [3.8, 4) is 11.5 Å². The molecule has 6 atom stereocenters. The fourth-order valence-corrected chi connectivity index (χ4v) is 9.25. The van der Waals surface area contributed by atoms with Crippen LogP contribution < -0.4 is 19.4 Å². The van der Waals surface area contributed by atoms with Gasteiger partial charge in [0.25, 0.3) is 0 Å². The number of carbonyl (C=O) groups excluding carboxylic acids is 4. The largest absolute Gasteiger partial charge is 0.573 e. The second-order valence-corrected chi connectivity index (χ2v) is 14.6. The lowest BCUT2D eigenvalue weighted by atomic mass is 9.51. The third-order valence-electron chi connectivity index (χ3n) is 11.5. The van der Waals surface area contributed by atoms with E-state index in [9.17, 15) is 41.8 Å². The lowest BCUT2D eigenvalue weighted by Crippen LogP contribution is -2.49. The molecule has 3 aromatic carbocycles. The number of hydrogen-bond donors (Lipinski definition) is 1. The standard InChI is InChI=1S/C38H32ClF4N3O7/c1-37-27(34(49)46(36(37)51)21-6-10-29(40)28(39)16-21)18-25-23(32(37)26-17-22(7-11-30(26)47)53-38(41,42)43)8-9-24-31(25)35(50)45(33(24)48)20-4-2-19(3-5-20)44-12-14-52-15-13-44/h2-8,10-11,16-17,24-25,27,31-32,47H,9,12-15,18H2,1H3. The van der Waals surface area contributed by atoms with Crippen molar-refractivity contribution >= 4 is 52.3 Å². The van der Waals surface area contributed by atoms with Crippen LogP contribution in [0.25, 0.3) is 0 Å². The molecule has 0 aromatic heterocycles. The summed E-state index contributed by atoms with van der Waals surface area (Å²) in [5.74, 6) is -9.29. The van der Waals surface area contributed by atoms with Gasteiger partial charge in [-0.2, -0.15) is 0 Å². The van der Waals surface area contributed by atoms with E-state index in [2.05, 4.69) is 9.64 Å². The van der Waals surface area contributed by atoms with Crippen molar-refractivity contribution in [1.29, 1.82) is 0 Å². The number of amides is 4. The van der Waals surface area contributed by atoms with Crippen LogP contribution >= 0.6 is 11.6 Å². The van der Waals surface area contributed by atoms with Crippen LogP contribution in [-0.4, -0.2) is 61.4 Å². The maximum Gasteiger partial charge on any atom is 0.573 e. The summed E-state index contributed by atoms with van der Waals surface area (Å²) in [4.78, 5) is 61.5. The summed E-state index contributed by atoms with van der Waals surface area (Å²) in [6.45, 7) is 4.03. The normalized spacial score (nSPS) is 28.5. The monoisotopic (exact) mass is 753 g/mol. The zero-order chi connectivity index (χ0) is 37.6. The first-order chi connectivity index (χ1) is 25.2. The second kappa shape index (κ2) is 12.6. The lowest BCUT2D eigenvalue weighted by Gasteiger charge is -2.49. The van der Waals surface area contributed by atoms with Crippen LogP contribution in [0.2, 0.25) is 5.02 Å². The van der Waals surface area contributed by atoms with Crippen molar-refractivity contribution in [1.82, 2.24) is 0 Å². The molecule has 3 aromatic rings. The summed E-state index contributed by atoms with van der Waals surface area (Å²) in [5, 5.41) is 10.9. The molecule has 8 rings (SSSR count). The van der Waals surface area contributed by atoms with Gasteiger partial charge in [0.2, 0.25) is 23.6 Å². The maximum absolute atomic E-state index is 14.6. The summed E-state index contributed by atoms with van der Waals surface area (Å²) in [5.41, 5.74) is -0.141. The highest BCUT2D eigenvalue weighted by Gasteiger charge is 2.68. The number of carbonyl (C=O) groups is 4. The van der Waals surface area contributed by atoms with Crippen LogP contribution in [0.4, 0.5) is 34.6 Å². The van der Waals surface area contributed by atoms with Gasteiger partial charge < -0.3 is 19.5 Å². The van der Waals surface area contributed by atoms with Crippen LogP contribution in [0, 0.1) is 34.9 Å². The molecule has 53 heavy (non-hydrogen) atoms. The van der Waals surface area contributed by atoms with Crippen LogP contribution in [0.5, 0.6) is 11.5 Å². The molecule has 1 saturated carbocycles. The number of morpholine rings is 1. The van der Waals surface area contributed by atoms with Gasteiger partial charge in [-0.1, -0.05) is 23.3 Å². The number of halogens is 5. The van der Waals surface area contributed by atoms with Crippen LogP contribution in [0.15, 0.2) is 72.3 Å². The Morgan fingerprint density at radius 1 is 0.868 bits per heavy atom. The number of phenols is 1. The van der Waals surface area contributed by atoms with E-state index in [1.54, 1.807) is 18.2 Å². The Balaban J connectivity index is 1.21. The van der Waals surface area contributed by atoms with Crippen molar-refractivity contribution in [2.75, 3.05) is 41.0 Å². The van der Waals surface area contributed by atoms with Gasteiger partial charge in [-0.05, 0) is 86.3 Å². The van der Waals surface area contributed by atoms with Gasteiger partial charge >= 0.3 is 6.36 Å². The van der Waals surface area contributed by atoms with E-state index in [1.807, 2.05) is 12.1 Å². The Bertz CT molecular complexity index is 2090. The molecule has 4 fully saturated rings. The third-order valence-corrected chi connectivity index (χ3v) is 11.8. The Hall–Kier alpha value is -4.95. The molecular weight excluding hydrogens is 722 g/mol. The number of nitrogens with zero attached hydrogens (tertiary/aromatic N) is 3. The molecule has 2 aliphatic carbocycles. The Morgan fingerprint density at radius 3 is 2.23 bits per heavy atom. The zero-order valence-corrected chi connectivity index (χ0v) is 28.9. The molecule has 6 unspecified atom stereocenters. The van der Waals surface area contributed by atoms with E-state index < -0.39 is 82.3 Å². The summed E-state index contributed by atoms with van der Waals surface area (Å²) in [7, 11) is 0. The fourth-order valence-electron chi connectivity index (χ4n) is 9.08. The molecule has 276 valence electrons. The van der Waals surface area contributed by atoms with E-state index in [1.165, 1.54) is 13.0 Å². The zero-order valence-electron chi connectivity index (χ0n) is 28.1. The van der Waals surface area contributed by atoms with Crippen molar-refractivity contribution in [2.24, 2.45) is 29.1 Å². The molecule has 0 radical (unpaired) electrons. The third kappa shape index (κ3) is 5.56. The Kier molecular flexibility index (Phi) is 8.33. The van der Waals surface area contributed by atoms with Gasteiger partial charge in [0.1, 0.15) is 17.3 Å². The Labute approximate surface area is 305 Å². The smallest absolute Gasteiger partial charge is 0.508 e. The quantitative estimate of drug-likeness (QED) is 0.182. The first-order valence-corrected chi connectivity index (χ1v) is 17.5. The maximum atomic E-state index is 14.6. The van der Waals surface area contributed by atoms with Crippen LogP contribution in [-0.2, 0) is 23.9 Å². The number of benzene rings is 3. The fraction of sp³-hybridized carbons (Fsp3) is 0.368. The molecule has 3 heterocycles.